The number of hydrogen-bond donors (Lipinski definition) is 3. The van der Waals surface area contributed by atoms with E-state index in [0.717, 1.165) is 25.7 Å². The zero-order chi connectivity index (χ0) is 12.9. The third-order valence-electron chi connectivity index (χ3n) is 2.65. The number of rotatable bonds is 5. The summed E-state index contributed by atoms with van der Waals surface area (Å²) in [6.07, 6.45) is 1.91. The summed E-state index contributed by atoms with van der Waals surface area (Å²) in [6.45, 7) is 0.380. The minimum Gasteiger partial charge on any atom is -0.479 e. The van der Waals surface area contributed by atoms with E-state index in [2.05, 4.69) is 4.72 Å². The topological polar surface area (TPSA) is 107 Å². The van der Waals surface area contributed by atoms with Crippen LogP contribution in [0.4, 0.5) is 0 Å². The quantitative estimate of drug-likeness (QED) is 0.600. The van der Waals surface area contributed by atoms with Crippen LogP contribution < -0.4 is 4.72 Å². The SMILES string of the molecule is O=C(O)[C@@H](O)CNS(=O)(=O)N1CCCCCC1. The minimum absolute atomic E-state index is 0.443. The molecule has 0 saturated carbocycles. The number of aliphatic hydroxyl groups excluding tert-OH is 1. The van der Waals surface area contributed by atoms with Crippen LogP contribution in [0.2, 0.25) is 0 Å². The van der Waals surface area contributed by atoms with Crippen LogP contribution in [0.1, 0.15) is 25.7 Å². The molecular formula is C9H18N2O5S. The Hall–Kier alpha value is -0.700. The average molecular weight is 266 g/mol. The van der Waals surface area contributed by atoms with E-state index < -0.39 is 28.8 Å². The third-order valence-corrected chi connectivity index (χ3v) is 4.23. The van der Waals surface area contributed by atoms with Gasteiger partial charge in [0.15, 0.2) is 6.10 Å². The predicted octanol–water partition coefficient (Wildman–Crippen LogP) is -0.858. The number of carbonyl (C=O) groups is 1. The molecule has 0 aromatic rings. The molecule has 1 saturated heterocycles. The van der Waals surface area contributed by atoms with Crippen molar-refractivity contribution in [2.24, 2.45) is 0 Å². The van der Waals surface area contributed by atoms with Crippen molar-refractivity contribution in [1.29, 1.82) is 0 Å². The van der Waals surface area contributed by atoms with Gasteiger partial charge in [-0.2, -0.15) is 17.4 Å². The van der Waals surface area contributed by atoms with E-state index >= 15 is 0 Å². The Labute approximate surface area is 101 Å². The van der Waals surface area contributed by atoms with Crippen molar-refractivity contribution < 1.29 is 23.4 Å². The number of aliphatic carboxylic acids is 1. The Morgan fingerprint density at radius 3 is 2.24 bits per heavy atom. The highest BCUT2D eigenvalue weighted by Gasteiger charge is 2.24. The highest BCUT2D eigenvalue weighted by Crippen LogP contribution is 2.12. The molecule has 0 bridgehead atoms. The smallest absolute Gasteiger partial charge is 0.333 e. The van der Waals surface area contributed by atoms with Crippen LogP contribution >= 0.6 is 0 Å². The fourth-order valence-electron chi connectivity index (χ4n) is 1.64. The van der Waals surface area contributed by atoms with Crippen molar-refractivity contribution in [2.75, 3.05) is 19.6 Å². The molecule has 17 heavy (non-hydrogen) atoms. The molecule has 1 heterocycles. The molecule has 1 fully saturated rings. The van der Waals surface area contributed by atoms with Crippen LogP contribution in [0, 0.1) is 0 Å². The van der Waals surface area contributed by atoms with Gasteiger partial charge in [0.25, 0.3) is 10.2 Å². The monoisotopic (exact) mass is 266 g/mol. The molecule has 8 heteroatoms. The molecule has 0 aromatic heterocycles. The number of carboxylic acid groups (broad SMARTS) is 1. The van der Waals surface area contributed by atoms with Gasteiger partial charge in [-0.05, 0) is 12.8 Å². The van der Waals surface area contributed by atoms with Crippen LogP contribution in [-0.4, -0.2) is 54.6 Å². The standard InChI is InChI=1S/C9H18N2O5S/c12-8(9(13)14)7-10-17(15,16)11-5-3-1-2-4-6-11/h8,10,12H,1-7H2,(H,13,14)/t8-/m0/s1. The average Bonchev–Trinajstić information content (AvgIpc) is 2.54. The fraction of sp³-hybridized carbons (Fsp3) is 0.889. The Kier molecular flexibility index (Phi) is 5.31. The molecule has 0 aliphatic carbocycles. The Morgan fingerprint density at radius 1 is 1.24 bits per heavy atom. The molecule has 0 amide bonds. The van der Waals surface area contributed by atoms with Gasteiger partial charge in [-0.15, -0.1) is 0 Å². The number of nitrogens with zero attached hydrogens (tertiary/aromatic N) is 1. The van der Waals surface area contributed by atoms with Crippen molar-refractivity contribution >= 4 is 16.2 Å². The van der Waals surface area contributed by atoms with Gasteiger partial charge in [0, 0.05) is 19.6 Å². The molecule has 0 radical (unpaired) electrons. The minimum atomic E-state index is -3.68. The molecule has 100 valence electrons. The Bertz CT molecular complexity index is 348. The fourth-order valence-corrected chi connectivity index (χ4v) is 2.93. The molecule has 0 spiro atoms. The van der Waals surface area contributed by atoms with Crippen LogP contribution in [-0.2, 0) is 15.0 Å². The van der Waals surface area contributed by atoms with E-state index in [1.165, 1.54) is 4.31 Å². The number of nitrogens with one attached hydrogen (secondary N) is 1. The summed E-state index contributed by atoms with van der Waals surface area (Å²) in [5.41, 5.74) is 0. The molecule has 1 aliphatic heterocycles. The highest BCUT2D eigenvalue weighted by atomic mass is 32.2. The van der Waals surface area contributed by atoms with Gasteiger partial charge in [-0.25, -0.2) is 4.79 Å². The molecular weight excluding hydrogens is 248 g/mol. The normalized spacial score (nSPS) is 20.8. The van der Waals surface area contributed by atoms with Gasteiger partial charge < -0.3 is 10.2 Å². The maximum absolute atomic E-state index is 11.8. The number of hydrogen-bond acceptors (Lipinski definition) is 4. The second-order valence-corrected chi connectivity index (χ2v) is 5.78. The molecule has 1 atom stereocenters. The first-order valence-corrected chi connectivity index (χ1v) is 7.03. The van der Waals surface area contributed by atoms with Crippen molar-refractivity contribution in [3.63, 3.8) is 0 Å². The van der Waals surface area contributed by atoms with E-state index in [1.54, 1.807) is 0 Å². The number of aliphatic hydroxyl groups is 1. The molecule has 1 aliphatic rings. The van der Waals surface area contributed by atoms with Crippen molar-refractivity contribution in [3.8, 4) is 0 Å². The van der Waals surface area contributed by atoms with Crippen LogP contribution in [0.15, 0.2) is 0 Å². The first-order valence-electron chi connectivity index (χ1n) is 5.59. The lowest BCUT2D eigenvalue weighted by molar-refractivity contribution is -0.146. The van der Waals surface area contributed by atoms with Gasteiger partial charge in [-0.3, -0.25) is 0 Å². The second-order valence-electron chi connectivity index (χ2n) is 4.02. The summed E-state index contributed by atoms with van der Waals surface area (Å²) < 4.78 is 27.0. The van der Waals surface area contributed by atoms with Crippen molar-refractivity contribution in [2.45, 2.75) is 31.8 Å². The molecule has 0 aromatic carbocycles. The van der Waals surface area contributed by atoms with E-state index in [9.17, 15) is 13.2 Å². The third kappa shape index (κ3) is 4.58. The van der Waals surface area contributed by atoms with Crippen LogP contribution in [0.3, 0.4) is 0 Å². The summed E-state index contributed by atoms with van der Waals surface area (Å²) in [4.78, 5) is 10.3. The highest BCUT2D eigenvalue weighted by molar-refractivity contribution is 7.87. The van der Waals surface area contributed by atoms with Gasteiger partial charge >= 0.3 is 5.97 Å². The molecule has 3 N–H and O–H groups in total. The largest absolute Gasteiger partial charge is 0.479 e. The lowest BCUT2D eigenvalue weighted by Crippen LogP contribution is -2.45. The lowest BCUT2D eigenvalue weighted by atomic mass is 10.2. The van der Waals surface area contributed by atoms with Gasteiger partial charge in [0.05, 0.1) is 0 Å². The lowest BCUT2D eigenvalue weighted by Gasteiger charge is -2.20. The predicted molar refractivity (Wildman–Crippen MR) is 60.6 cm³/mol. The van der Waals surface area contributed by atoms with Gasteiger partial charge in [0.1, 0.15) is 0 Å². The van der Waals surface area contributed by atoms with E-state index in [4.69, 9.17) is 10.2 Å². The molecule has 7 nitrogen and oxygen atoms in total. The Balaban J connectivity index is 2.52. The maximum atomic E-state index is 11.8. The maximum Gasteiger partial charge on any atom is 0.333 e. The number of carboxylic acids is 1. The van der Waals surface area contributed by atoms with E-state index in [-0.39, 0.29) is 0 Å². The zero-order valence-corrected chi connectivity index (χ0v) is 10.3. The summed E-state index contributed by atoms with van der Waals surface area (Å²) in [5, 5.41) is 17.4. The van der Waals surface area contributed by atoms with Gasteiger partial charge in [-0.1, -0.05) is 12.8 Å². The van der Waals surface area contributed by atoms with E-state index in [1.807, 2.05) is 0 Å². The Morgan fingerprint density at radius 2 is 1.76 bits per heavy atom. The second kappa shape index (κ2) is 6.29. The zero-order valence-electron chi connectivity index (χ0n) is 9.50. The summed E-state index contributed by atoms with van der Waals surface area (Å²) in [6, 6.07) is 0. The summed E-state index contributed by atoms with van der Waals surface area (Å²) >= 11 is 0. The molecule has 1 rings (SSSR count). The first-order chi connectivity index (χ1) is 7.93. The van der Waals surface area contributed by atoms with Gasteiger partial charge in [0.2, 0.25) is 0 Å². The summed E-state index contributed by atoms with van der Waals surface area (Å²) in [5.74, 6) is -1.44. The molecule has 0 unspecified atom stereocenters. The van der Waals surface area contributed by atoms with Crippen molar-refractivity contribution in [1.82, 2.24) is 9.03 Å². The van der Waals surface area contributed by atoms with Crippen molar-refractivity contribution in [3.05, 3.63) is 0 Å². The van der Waals surface area contributed by atoms with Crippen LogP contribution in [0.5, 0.6) is 0 Å². The first kappa shape index (κ1) is 14.4. The summed E-state index contributed by atoms with van der Waals surface area (Å²) in [7, 11) is -3.68. The van der Waals surface area contributed by atoms with Crippen LogP contribution in [0.25, 0.3) is 0 Å². The van der Waals surface area contributed by atoms with E-state index in [0.29, 0.717) is 13.1 Å².